The van der Waals surface area contributed by atoms with Crippen LogP contribution in [-0.4, -0.2) is 36.8 Å². The molecule has 1 aliphatic rings. The number of halogens is 6. The first kappa shape index (κ1) is 25.1. The van der Waals surface area contributed by atoms with Gasteiger partial charge in [0.2, 0.25) is 0 Å². The fourth-order valence-electron chi connectivity index (χ4n) is 4.14. The van der Waals surface area contributed by atoms with Crippen LogP contribution in [0, 0.1) is 0 Å². The van der Waals surface area contributed by atoms with E-state index in [9.17, 15) is 26.7 Å². The van der Waals surface area contributed by atoms with E-state index in [0.717, 1.165) is 23.6 Å². The minimum atomic E-state index is -4.66. The lowest BCUT2D eigenvalue weighted by Crippen LogP contribution is -2.25. The van der Waals surface area contributed by atoms with Crippen LogP contribution in [0.25, 0.3) is 16.9 Å². The summed E-state index contributed by atoms with van der Waals surface area (Å²) < 4.78 is 69.4. The highest BCUT2D eigenvalue weighted by Crippen LogP contribution is 2.46. The van der Waals surface area contributed by atoms with E-state index in [0.29, 0.717) is 11.3 Å². The second kappa shape index (κ2) is 9.73. The van der Waals surface area contributed by atoms with Gasteiger partial charge >= 0.3 is 6.18 Å². The third-order valence-corrected chi connectivity index (χ3v) is 6.41. The van der Waals surface area contributed by atoms with Crippen molar-refractivity contribution in [1.82, 2.24) is 29.7 Å². The van der Waals surface area contributed by atoms with Crippen LogP contribution in [0.15, 0.2) is 42.6 Å². The summed E-state index contributed by atoms with van der Waals surface area (Å²) in [6.07, 6.45) is -4.60. The molecule has 3 aromatic heterocycles. The molecule has 1 aliphatic carbocycles. The third kappa shape index (κ3) is 5.02. The minimum Gasteiger partial charge on any atom is -0.352 e. The molecule has 0 unspecified atom stereocenters. The van der Waals surface area contributed by atoms with Gasteiger partial charge in [0, 0.05) is 24.6 Å². The zero-order valence-corrected chi connectivity index (χ0v) is 19.9. The maximum Gasteiger partial charge on any atom is 0.436 e. The van der Waals surface area contributed by atoms with Gasteiger partial charge in [0.05, 0.1) is 22.6 Å². The molecule has 1 saturated carbocycles. The maximum atomic E-state index is 13.7. The number of aromatic nitrogens is 5. The molecule has 7 nitrogen and oxygen atoms in total. The number of carbonyl (C=O) groups excluding carboxylic acids is 1. The van der Waals surface area contributed by atoms with E-state index in [2.05, 4.69) is 20.5 Å². The number of nitrogens with zero attached hydrogens (tertiary/aromatic N) is 5. The third-order valence-electron chi connectivity index (χ3n) is 6.03. The molecule has 0 spiro atoms. The smallest absolute Gasteiger partial charge is 0.352 e. The van der Waals surface area contributed by atoms with E-state index in [4.69, 9.17) is 11.6 Å². The number of alkyl halides is 5. The second-order valence-electron chi connectivity index (χ2n) is 8.68. The highest BCUT2D eigenvalue weighted by Gasteiger charge is 2.41. The molecule has 37 heavy (non-hydrogen) atoms. The summed E-state index contributed by atoms with van der Waals surface area (Å²) in [7, 11) is 0. The predicted octanol–water partition coefficient (Wildman–Crippen LogP) is 5.90. The van der Waals surface area contributed by atoms with Crippen LogP contribution in [0.3, 0.4) is 0 Å². The molecule has 0 saturated heterocycles. The highest BCUT2D eigenvalue weighted by molar-refractivity contribution is 6.32. The predicted molar refractivity (Wildman–Crippen MR) is 125 cm³/mol. The van der Waals surface area contributed by atoms with Crippen LogP contribution in [0.2, 0.25) is 5.02 Å². The topological polar surface area (TPSA) is 77.1 Å². The largest absolute Gasteiger partial charge is 0.436 e. The Labute approximate surface area is 212 Å². The standard InChI is InChI=1S/C24H20ClF5N6O/c25-18-19(14-7-8-14)35(34-20(18)24(28,29)30)10-4-9-31-23(37)15-12-32-36-17(21(26)27)11-16(33-22(15)36)13-5-2-1-3-6-13/h1-3,5-6,11-12,14,21H,4,7-10H2,(H,31,37). The lowest BCUT2D eigenvalue weighted by Gasteiger charge is -2.09. The number of benzene rings is 1. The van der Waals surface area contributed by atoms with Crippen LogP contribution in [0.5, 0.6) is 0 Å². The Bertz CT molecular complexity index is 1450. The molecule has 4 aromatic rings. The van der Waals surface area contributed by atoms with Crippen molar-refractivity contribution in [3.8, 4) is 11.3 Å². The molecule has 1 amide bonds. The molecule has 194 valence electrons. The monoisotopic (exact) mass is 538 g/mol. The molecule has 0 radical (unpaired) electrons. The Morgan fingerprint density at radius 2 is 1.92 bits per heavy atom. The highest BCUT2D eigenvalue weighted by atomic mass is 35.5. The number of hydrogen-bond acceptors (Lipinski definition) is 4. The number of amides is 1. The Morgan fingerprint density at radius 3 is 2.57 bits per heavy atom. The van der Waals surface area contributed by atoms with Crippen LogP contribution < -0.4 is 5.32 Å². The van der Waals surface area contributed by atoms with Gasteiger partial charge in [-0.1, -0.05) is 41.9 Å². The van der Waals surface area contributed by atoms with Crippen molar-refractivity contribution in [3.05, 3.63) is 70.3 Å². The SMILES string of the molecule is O=C(NCCCn1nc(C(F)(F)F)c(Cl)c1C1CC1)c1cnn2c(C(F)F)cc(-c3ccccc3)nc12. The summed E-state index contributed by atoms with van der Waals surface area (Å²) in [6.45, 7) is 0.210. The van der Waals surface area contributed by atoms with E-state index in [1.165, 1.54) is 10.7 Å². The summed E-state index contributed by atoms with van der Waals surface area (Å²) in [5, 5.41) is 9.87. The Balaban J connectivity index is 1.32. The fraction of sp³-hybridized carbons (Fsp3) is 0.333. The molecule has 0 aliphatic heterocycles. The Morgan fingerprint density at radius 1 is 1.19 bits per heavy atom. The summed E-state index contributed by atoms with van der Waals surface area (Å²) >= 11 is 5.98. The maximum absolute atomic E-state index is 13.7. The van der Waals surface area contributed by atoms with Crippen LogP contribution >= 0.6 is 11.6 Å². The molecule has 1 fully saturated rings. The van der Waals surface area contributed by atoms with Crippen molar-refractivity contribution in [1.29, 1.82) is 0 Å². The molecule has 1 N–H and O–H groups in total. The number of fused-ring (bicyclic) bond motifs is 1. The average Bonchev–Trinajstić information content (AvgIpc) is 3.50. The van der Waals surface area contributed by atoms with Crippen LogP contribution in [0.1, 0.15) is 59.0 Å². The first-order chi connectivity index (χ1) is 17.6. The number of carbonyl (C=O) groups is 1. The van der Waals surface area contributed by atoms with Crippen molar-refractivity contribution in [2.45, 2.75) is 44.3 Å². The molecule has 0 atom stereocenters. The van der Waals surface area contributed by atoms with Crippen molar-refractivity contribution < 1.29 is 26.7 Å². The van der Waals surface area contributed by atoms with Gasteiger partial charge in [-0.3, -0.25) is 9.48 Å². The first-order valence-corrected chi connectivity index (χ1v) is 11.9. The van der Waals surface area contributed by atoms with Gasteiger partial charge in [0.15, 0.2) is 11.3 Å². The van der Waals surface area contributed by atoms with Gasteiger partial charge in [-0.15, -0.1) is 0 Å². The zero-order chi connectivity index (χ0) is 26.3. The van der Waals surface area contributed by atoms with Crippen molar-refractivity contribution in [2.75, 3.05) is 6.54 Å². The van der Waals surface area contributed by atoms with E-state index in [1.54, 1.807) is 30.3 Å². The van der Waals surface area contributed by atoms with Gasteiger partial charge in [-0.2, -0.15) is 23.4 Å². The van der Waals surface area contributed by atoms with E-state index < -0.39 is 29.9 Å². The van der Waals surface area contributed by atoms with Gasteiger partial charge in [-0.25, -0.2) is 18.3 Å². The molecule has 3 heterocycles. The van der Waals surface area contributed by atoms with E-state index in [1.807, 2.05) is 0 Å². The first-order valence-electron chi connectivity index (χ1n) is 11.5. The number of rotatable bonds is 8. The Hall–Kier alpha value is -3.54. The molecule has 5 rings (SSSR count). The lowest BCUT2D eigenvalue weighted by atomic mass is 10.1. The quantitative estimate of drug-likeness (QED) is 0.224. The number of hydrogen-bond donors (Lipinski definition) is 1. The molecule has 0 bridgehead atoms. The zero-order valence-electron chi connectivity index (χ0n) is 19.1. The van der Waals surface area contributed by atoms with E-state index in [-0.39, 0.29) is 47.4 Å². The van der Waals surface area contributed by atoms with Gasteiger partial charge in [0.25, 0.3) is 12.3 Å². The normalized spacial score (nSPS) is 14.0. The van der Waals surface area contributed by atoms with Crippen LogP contribution in [0.4, 0.5) is 22.0 Å². The van der Waals surface area contributed by atoms with Crippen LogP contribution in [-0.2, 0) is 12.7 Å². The van der Waals surface area contributed by atoms with Crippen molar-refractivity contribution >= 4 is 23.2 Å². The Kier molecular flexibility index (Phi) is 6.61. The lowest BCUT2D eigenvalue weighted by molar-refractivity contribution is -0.141. The molecular weight excluding hydrogens is 519 g/mol. The minimum absolute atomic E-state index is 0.000146. The molecule has 13 heteroatoms. The molecule has 1 aromatic carbocycles. The van der Waals surface area contributed by atoms with Gasteiger partial charge in [-0.05, 0) is 25.3 Å². The average molecular weight is 539 g/mol. The summed E-state index contributed by atoms with van der Waals surface area (Å²) in [6, 6.07) is 9.92. The van der Waals surface area contributed by atoms with Crippen molar-refractivity contribution in [2.24, 2.45) is 0 Å². The summed E-state index contributed by atoms with van der Waals surface area (Å²) in [5.41, 5.74) is -0.324. The van der Waals surface area contributed by atoms with Gasteiger partial charge < -0.3 is 5.32 Å². The van der Waals surface area contributed by atoms with Gasteiger partial charge in [0.1, 0.15) is 11.3 Å². The fourth-order valence-corrected chi connectivity index (χ4v) is 4.53. The van der Waals surface area contributed by atoms with E-state index >= 15 is 0 Å². The second-order valence-corrected chi connectivity index (χ2v) is 9.06. The molecular formula is C24H20ClF5N6O. The van der Waals surface area contributed by atoms with Crippen molar-refractivity contribution in [3.63, 3.8) is 0 Å². The number of aryl methyl sites for hydroxylation is 1. The number of nitrogens with one attached hydrogen (secondary N) is 1. The summed E-state index contributed by atoms with van der Waals surface area (Å²) in [4.78, 5) is 17.2. The summed E-state index contributed by atoms with van der Waals surface area (Å²) in [5.74, 6) is -0.650.